The van der Waals surface area contributed by atoms with Crippen molar-refractivity contribution in [3.05, 3.63) is 23.7 Å². The van der Waals surface area contributed by atoms with Crippen molar-refractivity contribution < 1.29 is 15.0 Å². The Kier molecular flexibility index (Phi) is 7.16. The molecule has 4 saturated carbocycles. The molecule has 0 aromatic carbocycles. The second-order valence-electron chi connectivity index (χ2n) is 12.2. The van der Waals surface area contributed by atoms with Gasteiger partial charge in [0, 0.05) is 24.7 Å². The Morgan fingerprint density at radius 2 is 1.78 bits per heavy atom. The number of thiazole rings is 1. The number of aromatic nitrogens is 4. The van der Waals surface area contributed by atoms with Gasteiger partial charge in [-0.25, -0.2) is 14.8 Å². The number of nitrogens with zero attached hydrogens (tertiary/aromatic N) is 4. The van der Waals surface area contributed by atoms with Crippen LogP contribution in [0.2, 0.25) is 0 Å². The van der Waals surface area contributed by atoms with Gasteiger partial charge in [0.15, 0.2) is 0 Å². The summed E-state index contributed by atoms with van der Waals surface area (Å²) in [6.07, 6.45) is 8.93. The molecule has 11 nitrogen and oxygen atoms in total. The van der Waals surface area contributed by atoms with Gasteiger partial charge >= 0.3 is 6.03 Å². The maximum Gasteiger partial charge on any atom is 0.315 e. The highest BCUT2D eigenvalue weighted by Crippen LogP contribution is 2.44. The van der Waals surface area contributed by atoms with Gasteiger partial charge in [0.2, 0.25) is 5.95 Å². The first-order valence-electron chi connectivity index (χ1n) is 15.0. The van der Waals surface area contributed by atoms with Gasteiger partial charge in [-0.3, -0.25) is 4.98 Å². The molecule has 0 bridgehead atoms. The number of aliphatic hydroxyl groups is 2. The van der Waals surface area contributed by atoms with Gasteiger partial charge in [-0.1, -0.05) is 12.8 Å². The predicted molar refractivity (Wildman–Crippen MR) is 158 cm³/mol. The molecule has 4 aliphatic carbocycles. The fourth-order valence-corrected chi connectivity index (χ4v) is 7.23. The number of carbonyl (C=O) groups is 1. The molecular formula is C29H38N8O3S. The van der Waals surface area contributed by atoms with E-state index in [-0.39, 0.29) is 12.1 Å². The fraction of sp³-hybridized carbons (Fsp3) is 0.621. The number of fused-ring (bicyclic) bond motifs is 1. The third-order valence-corrected chi connectivity index (χ3v) is 9.90. The fourth-order valence-electron chi connectivity index (χ4n) is 6.17. The molecule has 12 heteroatoms. The minimum absolute atomic E-state index is 0.171. The number of carbonyl (C=O) groups excluding carboxylic acids is 1. The highest BCUT2D eigenvalue weighted by Gasteiger charge is 2.43. The van der Waals surface area contributed by atoms with E-state index < -0.39 is 24.3 Å². The van der Waals surface area contributed by atoms with Crippen LogP contribution in [-0.2, 0) is 0 Å². The summed E-state index contributed by atoms with van der Waals surface area (Å²) in [4.78, 5) is 31.9. The Labute approximate surface area is 243 Å². The van der Waals surface area contributed by atoms with Crippen molar-refractivity contribution in [2.45, 2.75) is 101 Å². The zero-order valence-electron chi connectivity index (χ0n) is 23.3. The molecule has 4 fully saturated rings. The first-order chi connectivity index (χ1) is 19.9. The zero-order valence-corrected chi connectivity index (χ0v) is 24.1. The quantitative estimate of drug-likeness (QED) is 0.223. The van der Waals surface area contributed by atoms with Crippen molar-refractivity contribution in [2.75, 3.05) is 17.2 Å². The number of amides is 2. The van der Waals surface area contributed by atoms with Gasteiger partial charge in [0.05, 0.1) is 33.7 Å². The molecule has 6 N–H and O–H groups in total. The second kappa shape index (κ2) is 11.0. The van der Waals surface area contributed by atoms with Crippen LogP contribution in [0.15, 0.2) is 12.3 Å². The Morgan fingerprint density at radius 1 is 1.00 bits per heavy atom. The lowest BCUT2D eigenvalue weighted by Crippen LogP contribution is -2.49. The maximum absolute atomic E-state index is 12.6. The lowest BCUT2D eigenvalue weighted by molar-refractivity contribution is 0.0281. The average molecular weight is 579 g/mol. The van der Waals surface area contributed by atoms with E-state index in [4.69, 9.17) is 15.0 Å². The number of urea groups is 1. The van der Waals surface area contributed by atoms with Crippen molar-refractivity contribution in [2.24, 2.45) is 5.92 Å². The van der Waals surface area contributed by atoms with Gasteiger partial charge in [-0.15, -0.1) is 11.3 Å². The third-order valence-electron chi connectivity index (χ3n) is 8.86. The standard InChI is InChI=1S/C29H38N8O3S/c1-14-21(27-36-23-20(41-27)10-11-30-22(23)16-8-9-16)26(37-28(32-14)31-13-15-6-7-15)34-18-12-19(25(39)24(18)38)35-29(40)33-17-4-2-3-5-17/h10-11,15-19,24-25,38-39H,2-9,12-13H2,1H3,(H2,33,35,40)(H2,31,32,34,37)/t18-,19+,24+,25-/m1/s1. The molecule has 0 saturated heterocycles. The Balaban J connectivity index is 1.16. The van der Waals surface area contributed by atoms with E-state index in [9.17, 15) is 15.0 Å². The number of pyridine rings is 1. The minimum atomic E-state index is -1.10. The summed E-state index contributed by atoms with van der Waals surface area (Å²) in [7, 11) is 0. The van der Waals surface area contributed by atoms with E-state index in [1.54, 1.807) is 11.3 Å². The summed E-state index contributed by atoms with van der Waals surface area (Å²) < 4.78 is 1.08. The van der Waals surface area contributed by atoms with Crippen LogP contribution in [0.1, 0.15) is 75.1 Å². The minimum Gasteiger partial charge on any atom is -0.388 e. The number of hydrogen-bond acceptors (Lipinski definition) is 10. The molecule has 41 heavy (non-hydrogen) atoms. The van der Waals surface area contributed by atoms with E-state index in [1.165, 1.54) is 12.8 Å². The van der Waals surface area contributed by atoms with Gasteiger partial charge in [0.25, 0.3) is 0 Å². The van der Waals surface area contributed by atoms with Crippen LogP contribution < -0.4 is 21.3 Å². The Morgan fingerprint density at radius 3 is 2.54 bits per heavy atom. The molecule has 0 radical (unpaired) electrons. The van der Waals surface area contributed by atoms with Crippen LogP contribution in [-0.4, -0.2) is 73.1 Å². The van der Waals surface area contributed by atoms with Crippen LogP contribution in [0.4, 0.5) is 16.6 Å². The lowest BCUT2D eigenvalue weighted by Gasteiger charge is -2.21. The molecule has 0 aliphatic heterocycles. The number of aliphatic hydroxyl groups excluding tert-OH is 2. The van der Waals surface area contributed by atoms with Gasteiger partial charge in [-0.05, 0) is 63.9 Å². The number of hydrogen-bond donors (Lipinski definition) is 6. The summed E-state index contributed by atoms with van der Waals surface area (Å²) >= 11 is 1.59. The third kappa shape index (κ3) is 5.69. The summed E-state index contributed by atoms with van der Waals surface area (Å²) in [5, 5.41) is 35.4. The second-order valence-corrected chi connectivity index (χ2v) is 13.2. The van der Waals surface area contributed by atoms with E-state index in [0.717, 1.165) is 77.2 Å². The maximum atomic E-state index is 12.6. The van der Waals surface area contributed by atoms with Gasteiger partial charge in [0.1, 0.15) is 28.6 Å². The van der Waals surface area contributed by atoms with E-state index in [1.807, 2.05) is 19.2 Å². The van der Waals surface area contributed by atoms with E-state index in [2.05, 4.69) is 26.3 Å². The molecule has 4 aliphatic rings. The summed E-state index contributed by atoms with van der Waals surface area (Å²) in [6.45, 7) is 2.77. The molecule has 3 aromatic rings. The number of anilines is 2. The number of nitrogens with one attached hydrogen (secondary N) is 4. The van der Waals surface area contributed by atoms with E-state index >= 15 is 0 Å². The van der Waals surface area contributed by atoms with Crippen molar-refractivity contribution in [1.29, 1.82) is 0 Å². The van der Waals surface area contributed by atoms with Crippen LogP contribution in [0.25, 0.3) is 20.8 Å². The first-order valence-corrected chi connectivity index (χ1v) is 15.8. The molecule has 7 rings (SSSR count). The topological polar surface area (TPSA) is 157 Å². The molecule has 3 heterocycles. The van der Waals surface area contributed by atoms with E-state index in [0.29, 0.717) is 30.0 Å². The Hall–Kier alpha value is -3.09. The lowest BCUT2D eigenvalue weighted by atomic mass is 10.1. The summed E-state index contributed by atoms with van der Waals surface area (Å²) in [5.41, 5.74) is 3.55. The molecule has 4 atom stereocenters. The molecule has 218 valence electrons. The SMILES string of the molecule is Cc1nc(NCC2CC2)nc(N[C@@H]2C[C@H](NC(=O)NC3CCCC3)[C@@H](O)[C@H]2O)c1-c1nc2c(C3CC3)nccc2s1. The summed E-state index contributed by atoms with van der Waals surface area (Å²) in [6, 6.07) is 0.765. The zero-order chi connectivity index (χ0) is 28.1. The predicted octanol–water partition coefficient (Wildman–Crippen LogP) is 3.67. The van der Waals surface area contributed by atoms with Crippen molar-refractivity contribution >= 4 is 39.4 Å². The molecule has 0 spiro atoms. The summed E-state index contributed by atoms with van der Waals surface area (Å²) in [5.74, 6) is 2.22. The highest BCUT2D eigenvalue weighted by molar-refractivity contribution is 7.21. The first kappa shape index (κ1) is 26.8. The van der Waals surface area contributed by atoms with Crippen molar-refractivity contribution in [3.63, 3.8) is 0 Å². The normalized spacial score (nSPS) is 26.4. The van der Waals surface area contributed by atoms with Crippen molar-refractivity contribution in [3.8, 4) is 10.6 Å². The molecular weight excluding hydrogens is 540 g/mol. The average Bonchev–Trinajstić information content (AvgIpc) is 3.86. The smallest absolute Gasteiger partial charge is 0.315 e. The Bertz CT molecular complexity index is 1430. The van der Waals surface area contributed by atoms with Gasteiger partial charge in [-0.2, -0.15) is 4.98 Å². The molecule has 0 unspecified atom stereocenters. The van der Waals surface area contributed by atoms with Crippen LogP contribution in [0.5, 0.6) is 0 Å². The number of aryl methyl sites for hydroxylation is 1. The van der Waals surface area contributed by atoms with Crippen molar-refractivity contribution in [1.82, 2.24) is 30.6 Å². The molecule has 2 amide bonds. The van der Waals surface area contributed by atoms with Crippen LogP contribution >= 0.6 is 11.3 Å². The van der Waals surface area contributed by atoms with Gasteiger partial charge < -0.3 is 31.5 Å². The molecule has 3 aromatic heterocycles. The monoisotopic (exact) mass is 578 g/mol. The van der Waals surface area contributed by atoms with Crippen LogP contribution in [0, 0.1) is 12.8 Å². The highest BCUT2D eigenvalue weighted by atomic mass is 32.1. The largest absolute Gasteiger partial charge is 0.388 e. The number of rotatable bonds is 9. The van der Waals surface area contributed by atoms with Crippen LogP contribution in [0.3, 0.4) is 0 Å².